The minimum absolute atomic E-state index is 0.0457. The van der Waals surface area contributed by atoms with Crippen molar-refractivity contribution in [2.24, 2.45) is 0 Å². The van der Waals surface area contributed by atoms with Crippen LogP contribution >= 0.6 is 0 Å². The SMILES string of the molecule is CCCCNC(=O)C(F)(F)C(F)(F)C(F)(F)C(F)(F)C(F)(F)C(=O)NCCCC. The smallest absolute Gasteiger partial charge is 0.351 e. The predicted octanol–water partition coefficient (Wildman–Crippen LogP) is 4.00. The summed E-state index contributed by atoms with van der Waals surface area (Å²) in [4.78, 5) is 22.3. The Balaban J connectivity index is 5.88. The Morgan fingerprint density at radius 2 is 0.862 bits per heavy atom. The minimum Gasteiger partial charge on any atom is -0.351 e. The maximum atomic E-state index is 13.6. The van der Waals surface area contributed by atoms with Gasteiger partial charge in [0.2, 0.25) is 0 Å². The van der Waals surface area contributed by atoms with Gasteiger partial charge in [-0.1, -0.05) is 26.7 Å². The van der Waals surface area contributed by atoms with Crippen LogP contribution in [-0.4, -0.2) is 54.5 Å². The first-order chi connectivity index (χ1) is 13.0. The molecule has 0 saturated heterocycles. The first kappa shape index (κ1) is 27.2. The van der Waals surface area contributed by atoms with Crippen LogP contribution in [0.5, 0.6) is 0 Å². The van der Waals surface area contributed by atoms with Gasteiger partial charge in [0.15, 0.2) is 0 Å². The van der Waals surface area contributed by atoms with Gasteiger partial charge in [0, 0.05) is 13.1 Å². The molecule has 0 bridgehead atoms. The number of carbonyl (C=O) groups excluding carboxylic acids is 2. The molecule has 0 unspecified atom stereocenters. The van der Waals surface area contributed by atoms with Crippen LogP contribution in [0.3, 0.4) is 0 Å². The van der Waals surface area contributed by atoms with E-state index < -0.39 is 54.5 Å². The number of hydrogen-bond donors (Lipinski definition) is 2. The molecule has 4 nitrogen and oxygen atoms in total. The summed E-state index contributed by atoms with van der Waals surface area (Å²) in [5, 5.41) is 2.27. The largest absolute Gasteiger partial charge is 0.392 e. The molecule has 0 radical (unpaired) electrons. The lowest BCUT2D eigenvalue weighted by Gasteiger charge is -2.38. The molecule has 0 aromatic rings. The maximum absolute atomic E-state index is 13.6. The lowest BCUT2D eigenvalue weighted by molar-refractivity contribution is -0.387. The molecule has 0 spiro atoms. The maximum Gasteiger partial charge on any atom is 0.392 e. The van der Waals surface area contributed by atoms with E-state index in [1.807, 2.05) is 0 Å². The molecule has 0 aromatic heterocycles. The van der Waals surface area contributed by atoms with Gasteiger partial charge >= 0.3 is 29.6 Å². The number of hydrogen-bond acceptors (Lipinski definition) is 2. The van der Waals surface area contributed by atoms with Gasteiger partial charge in [0.05, 0.1) is 0 Å². The molecule has 0 rings (SSSR count). The molecule has 2 N–H and O–H groups in total. The average Bonchev–Trinajstić information content (AvgIpc) is 2.60. The van der Waals surface area contributed by atoms with Crippen molar-refractivity contribution in [3.05, 3.63) is 0 Å². The highest BCUT2D eigenvalue weighted by molar-refractivity contribution is 5.86. The molecular formula is C15H20F10N2O2. The summed E-state index contributed by atoms with van der Waals surface area (Å²) in [5.74, 6) is -41.1. The first-order valence-corrected chi connectivity index (χ1v) is 8.42. The van der Waals surface area contributed by atoms with Crippen LogP contribution in [0.2, 0.25) is 0 Å². The molecule has 14 heteroatoms. The van der Waals surface area contributed by atoms with Gasteiger partial charge in [0.1, 0.15) is 0 Å². The molecule has 0 fully saturated rings. The van der Waals surface area contributed by atoms with Crippen LogP contribution in [0.25, 0.3) is 0 Å². The summed E-state index contributed by atoms with van der Waals surface area (Å²) in [7, 11) is 0. The molecular weight excluding hydrogens is 430 g/mol. The van der Waals surface area contributed by atoms with Gasteiger partial charge < -0.3 is 10.6 Å². The van der Waals surface area contributed by atoms with Crippen molar-refractivity contribution >= 4 is 11.8 Å². The summed E-state index contributed by atoms with van der Waals surface area (Å²) >= 11 is 0. The molecule has 0 saturated carbocycles. The summed E-state index contributed by atoms with van der Waals surface area (Å²) in [5.41, 5.74) is 0. The third-order valence-electron chi connectivity index (χ3n) is 3.78. The van der Waals surface area contributed by atoms with E-state index in [4.69, 9.17) is 0 Å². The molecule has 2 amide bonds. The van der Waals surface area contributed by atoms with Crippen molar-refractivity contribution in [3.8, 4) is 0 Å². The van der Waals surface area contributed by atoms with Gasteiger partial charge in [0.25, 0.3) is 11.8 Å². The Kier molecular flexibility index (Phi) is 8.80. The van der Waals surface area contributed by atoms with Crippen molar-refractivity contribution in [2.75, 3.05) is 13.1 Å². The van der Waals surface area contributed by atoms with Crippen molar-refractivity contribution in [3.63, 3.8) is 0 Å². The second kappa shape index (κ2) is 9.37. The zero-order valence-electron chi connectivity index (χ0n) is 15.3. The molecule has 172 valence electrons. The van der Waals surface area contributed by atoms with Crippen LogP contribution in [0, 0.1) is 0 Å². The van der Waals surface area contributed by atoms with Crippen molar-refractivity contribution in [2.45, 2.75) is 69.1 Å². The fourth-order valence-corrected chi connectivity index (χ4v) is 1.86. The molecule has 29 heavy (non-hydrogen) atoms. The standard InChI is InChI=1S/C15H20F10N2O2/c1-3-5-7-26-9(28)11(16,17)13(20,21)15(24,25)14(22,23)12(18,19)10(29)27-8-6-4-2/h3-8H2,1-2H3,(H,26,28)(H,27,29). The Labute approximate surface area is 159 Å². The van der Waals surface area contributed by atoms with Crippen LogP contribution in [0.4, 0.5) is 43.9 Å². The van der Waals surface area contributed by atoms with Crippen LogP contribution in [0.1, 0.15) is 39.5 Å². The second-order valence-corrected chi connectivity index (χ2v) is 6.09. The van der Waals surface area contributed by atoms with Gasteiger partial charge in [-0.25, -0.2) is 0 Å². The highest BCUT2D eigenvalue weighted by atomic mass is 19.4. The molecule has 0 aliphatic heterocycles. The van der Waals surface area contributed by atoms with Crippen molar-refractivity contribution < 1.29 is 53.5 Å². The fraction of sp³-hybridized carbons (Fsp3) is 0.867. The zero-order chi connectivity index (χ0) is 23.3. The van der Waals surface area contributed by atoms with Gasteiger partial charge in [-0.15, -0.1) is 0 Å². The van der Waals surface area contributed by atoms with Crippen molar-refractivity contribution in [1.29, 1.82) is 0 Å². The van der Waals surface area contributed by atoms with E-state index in [1.165, 1.54) is 13.8 Å². The molecule has 0 aliphatic rings. The van der Waals surface area contributed by atoms with E-state index in [9.17, 15) is 53.5 Å². The second-order valence-electron chi connectivity index (χ2n) is 6.09. The van der Waals surface area contributed by atoms with E-state index in [0.717, 1.165) is 10.6 Å². The van der Waals surface area contributed by atoms with Crippen molar-refractivity contribution in [1.82, 2.24) is 10.6 Å². The van der Waals surface area contributed by atoms with Gasteiger partial charge in [-0.3, -0.25) is 9.59 Å². The Bertz CT molecular complexity index is 533. The average molecular weight is 450 g/mol. The molecule has 0 aliphatic carbocycles. The predicted molar refractivity (Wildman–Crippen MR) is 80.6 cm³/mol. The van der Waals surface area contributed by atoms with Crippen LogP contribution in [-0.2, 0) is 9.59 Å². The van der Waals surface area contributed by atoms with Gasteiger partial charge in [-0.2, -0.15) is 43.9 Å². The first-order valence-electron chi connectivity index (χ1n) is 8.42. The lowest BCUT2D eigenvalue weighted by Crippen LogP contribution is -2.71. The summed E-state index contributed by atoms with van der Waals surface area (Å²) in [6, 6.07) is 0. The number of alkyl halides is 10. The highest BCUT2D eigenvalue weighted by Gasteiger charge is 2.88. The quantitative estimate of drug-likeness (QED) is 0.349. The monoisotopic (exact) mass is 450 g/mol. The van der Waals surface area contributed by atoms with E-state index in [1.54, 1.807) is 0 Å². The summed E-state index contributed by atoms with van der Waals surface area (Å²) in [6.07, 6.45) is 0.428. The number of amides is 2. The van der Waals surface area contributed by atoms with E-state index >= 15 is 0 Å². The normalized spacial score (nSPS) is 13.9. The Morgan fingerprint density at radius 3 is 1.10 bits per heavy atom. The molecule has 0 aromatic carbocycles. The summed E-state index contributed by atoms with van der Waals surface area (Å²) in [6.45, 7) is 1.61. The molecule has 0 atom stereocenters. The summed E-state index contributed by atoms with van der Waals surface area (Å²) < 4.78 is 136. The van der Waals surface area contributed by atoms with Crippen LogP contribution < -0.4 is 10.6 Å². The minimum atomic E-state index is -7.48. The highest BCUT2D eigenvalue weighted by Crippen LogP contribution is 2.57. The number of halogens is 10. The third kappa shape index (κ3) is 4.87. The van der Waals surface area contributed by atoms with Crippen LogP contribution in [0.15, 0.2) is 0 Å². The molecule has 0 heterocycles. The van der Waals surface area contributed by atoms with E-state index in [0.29, 0.717) is 0 Å². The fourth-order valence-electron chi connectivity index (χ4n) is 1.86. The number of carbonyl (C=O) groups is 2. The number of nitrogens with one attached hydrogen (secondary N) is 2. The number of unbranched alkanes of at least 4 members (excludes halogenated alkanes) is 2. The topological polar surface area (TPSA) is 58.2 Å². The number of rotatable bonds is 12. The lowest BCUT2D eigenvalue weighted by atomic mass is 9.93. The Hall–Kier alpha value is -1.76. The zero-order valence-corrected chi connectivity index (χ0v) is 15.3. The Morgan fingerprint density at radius 1 is 0.586 bits per heavy atom. The third-order valence-corrected chi connectivity index (χ3v) is 3.78. The van der Waals surface area contributed by atoms with Gasteiger partial charge in [-0.05, 0) is 12.8 Å². The van der Waals surface area contributed by atoms with E-state index in [2.05, 4.69) is 0 Å². The van der Waals surface area contributed by atoms with E-state index in [-0.39, 0.29) is 25.7 Å².